The van der Waals surface area contributed by atoms with E-state index in [1.54, 1.807) is 11.5 Å². The monoisotopic (exact) mass is 295 g/mol. The number of nitrogens with one attached hydrogen (secondary N) is 1. The molecule has 1 N–H and O–H groups in total. The van der Waals surface area contributed by atoms with Gasteiger partial charge in [0.1, 0.15) is 6.20 Å². The van der Waals surface area contributed by atoms with Crippen molar-refractivity contribution >= 4 is 11.7 Å². The van der Waals surface area contributed by atoms with Crippen molar-refractivity contribution in [1.82, 2.24) is 19.8 Å². The third-order valence-corrected chi connectivity index (χ3v) is 4.07. The normalized spacial score (nSPS) is 22.3. The van der Waals surface area contributed by atoms with Gasteiger partial charge in [0.2, 0.25) is 11.7 Å². The number of aromatic nitrogens is 2. The molecular formula is C13H21N5O3. The summed E-state index contributed by atoms with van der Waals surface area (Å²) in [7, 11) is 0. The van der Waals surface area contributed by atoms with Crippen LogP contribution in [0.1, 0.15) is 26.1 Å². The van der Waals surface area contributed by atoms with Crippen molar-refractivity contribution in [1.29, 1.82) is 0 Å². The molecule has 2 atom stereocenters. The van der Waals surface area contributed by atoms with Crippen molar-refractivity contribution in [2.45, 2.75) is 45.8 Å². The molecule has 2 unspecified atom stereocenters. The molecule has 1 saturated heterocycles. The first-order valence-corrected chi connectivity index (χ1v) is 7.11. The standard InChI is InChI=1S/C13H21N5O3/c1-9-10(2)17(7-5-14-9)13(19)4-6-16-8-12(18(20)21)15-11(16)3/h8-10,14H,4-7H2,1-3H3. The highest BCUT2D eigenvalue weighted by Gasteiger charge is 2.28. The number of hydrogen-bond donors (Lipinski definition) is 1. The van der Waals surface area contributed by atoms with Gasteiger partial charge in [-0.05, 0) is 23.8 Å². The Morgan fingerprint density at radius 1 is 1.57 bits per heavy atom. The fourth-order valence-electron chi connectivity index (χ4n) is 2.57. The van der Waals surface area contributed by atoms with Crippen LogP contribution in [0.15, 0.2) is 6.20 Å². The summed E-state index contributed by atoms with van der Waals surface area (Å²) in [5.74, 6) is 0.451. The molecule has 0 radical (unpaired) electrons. The minimum absolute atomic E-state index is 0.0756. The van der Waals surface area contributed by atoms with E-state index in [2.05, 4.69) is 17.2 Å². The van der Waals surface area contributed by atoms with Gasteiger partial charge in [-0.1, -0.05) is 0 Å². The molecular weight excluding hydrogens is 274 g/mol. The van der Waals surface area contributed by atoms with Crippen molar-refractivity contribution < 1.29 is 9.72 Å². The molecule has 2 heterocycles. The maximum absolute atomic E-state index is 12.3. The lowest BCUT2D eigenvalue weighted by Crippen LogP contribution is -2.57. The van der Waals surface area contributed by atoms with Crippen LogP contribution in [0, 0.1) is 17.0 Å². The predicted octanol–water partition coefficient (Wildman–Crippen LogP) is 0.699. The molecule has 0 bridgehead atoms. The highest BCUT2D eigenvalue weighted by Crippen LogP contribution is 2.13. The summed E-state index contributed by atoms with van der Waals surface area (Å²) in [6.07, 6.45) is 1.71. The molecule has 1 fully saturated rings. The quantitative estimate of drug-likeness (QED) is 0.652. The zero-order valence-electron chi connectivity index (χ0n) is 12.6. The van der Waals surface area contributed by atoms with Gasteiger partial charge in [-0.25, -0.2) is 0 Å². The summed E-state index contributed by atoms with van der Waals surface area (Å²) in [5.41, 5.74) is 0. The lowest BCUT2D eigenvalue weighted by atomic mass is 10.1. The summed E-state index contributed by atoms with van der Waals surface area (Å²) in [6.45, 7) is 7.71. The smallest absolute Gasteiger partial charge is 0.358 e. The SMILES string of the molecule is Cc1nc([N+](=O)[O-])cn1CCC(=O)N1CCNC(C)C1C. The predicted molar refractivity (Wildman–Crippen MR) is 76.9 cm³/mol. The van der Waals surface area contributed by atoms with Crippen LogP contribution in [0.4, 0.5) is 5.82 Å². The van der Waals surface area contributed by atoms with Gasteiger partial charge in [-0.3, -0.25) is 4.79 Å². The second-order valence-corrected chi connectivity index (χ2v) is 5.42. The number of imidazole rings is 1. The molecule has 1 aromatic rings. The van der Waals surface area contributed by atoms with Crippen molar-refractivity contribution in [3.63, 3.8) is 0 Å². The molecule has 1 aromatic heterocycles. The van der Waals surface area contributed by atoms with E-state index < -0.39 is 4.92 Å². The van der Waals surface area contributed by atoms with E-state index >= 15 is 0 Å². The Balaban J connectivity index is 1.96. The van der Waals surface area contributed by atoms with Gasteiger partial charge in [0.05, 0.1) is 0 Å². The van der Waals surface area contributed by atoms with E-state index in [-0.39, 0.29) is 23.8 Å². The van der Waals surface area contributed by atoms with Gasteiger partial charge in [0.15, 0.2) is 0 Å². The van der Waals surface area contributed by atoms with Gasteiger partial charge in [0.25, 0.3) is 0 Å². The minimum atomic E-state index is -0.522. The maximum Gasteiger partial charge on any atom is 0.381 e. The summed E-state index contributed by atoms with van der Waals surface area (Å²) >= 11 is 0. The molecule has 8 heteroatoms. The summed E-state index contributed by atoms with van der Waals surface area (Å²) < 4.78 is 1.66. The molecule has 8 nitrogen and oxygen atoms in total. The van der Waals surface area contributed by atoms with Gasteiger partial charge in [-0.2, -0.15) is 0 Å². The summed E-state index contributed by atoms with van der Waals surface area (Å²) in [4.78, 5) is 28.2. The molecule has 2 rings (SSSR count). The van der Waals surface area contributed by atoms with Crippen LogP contribution in [0.5, 0.6) is 0 Å². The van der Waals surface area contributed by atoms with Gasteiger partial charge < -0.3 is 24.9 Å². The van der Waals surface area contributed by atoms with E-state index in [9.17, 15) is 14.9 Å². The Morgan fingerprint density at radius 3 is 2.90 bits per heavy atom. The van der Waals surface area contributed by atoms with Crippen LogP contribution in [0.3, 0.4) is 0 Å². The third-order valence-electron chi connectivity index (χ3n) is 4.07. The largest absolute Gasteiger partial charge is 0.381 e. The molecule has 0 spiro atoms. The number of carbonyl (C=O) groups is 1. The van der Waals surface area contributed by atoms with Crippen LogP contribution >= 0.6 is 0 Å². The van der Waals surface area contributed by atoms with E-state index in [1.807, 2.05) is 11.8 Å². The average molecular weight is 295 g/mol. The Kier molecular flexibility index (Phi) is 4.56. The van der Waals surface area contributed by atoms with Crippen LogP contribution < -0.4 is 5.32 Å². The van der Waals surface area contributed by atoms with Gasteiger partial charge in [-0.15, -0.1) is 0 Å². The van der Waals surface area contributed by atoms with E-state index in [0.29, 0.717) is 25.3 Å². The van der Waals surface area contributed by atoms with E-state index in [0.717, 1.165) is 6.54 Å². The second kappa shape index (κ2) is 6.21. The molecule has 1 aliphatic heterocycles. The number of nitro groups is 1. The van der Waals surface area contributed by atoms with E-state index in [1.165, 1.54) is 6.20 Å². The summed E-state index contributed by atoms with van der Waals surface area (Å²) in [5, 5.41) is 14.0. The maximum atomic E-state index is 12.3. The summed E-state index contributed by atoms with van der Waals surface area (Å²) in [6, 6.07) is 0.434. The Morgan fingerprint density at radius 2 is 2.29 bits per heavy atom. The van der Waals surface area contributed by atoms with Crippen molar-refractivity contribution in [3.8, 4) is 0 Å². The Hall–Kier alpha value is -1.96. The zero-order valence-corrected chi connectivity index (χ0v) is 12.6. The fraction of sp³-hybridized carbons (Fsp3) is 0.692. The van der Waals surface area contributed by atoms with Crippen LogP contribution in [0.2, 0.25) is 0 Å². The molecule has 0 aromatic carbocycles. The number of amides is 1. The minimum Gasteiger partial charge on any atom is -0.358 e. The molecule has 116 valence electrons. The number of nitrogens with zero attached hydrogens (tertiary/aromatic N) is 4. The van der Waals surface area contributed by atoms with Crippen LogP contribution in [-0.4, -0.2) is 50.5 Å². The number of carbonyl (C=O) groups excluding carboxylic acids is 1. The van der Waals surface area contributed by atoms with Gasteiger partial charge >= 0.3 is 5.82 Å². The number of aryl methyl sites for hydroxylation is 2. The Labute approximate surface area is 123 Å². The fourth-order valence-corrected chi connectivity index (χ4v) is 2.57. The highest BCUT2D eigenvalue weighted by atomic mass is 16.6. The van der Waals surface area contributed by atoms with Gasteiger partial charge in [0, 0.05) is 45.1 Å². The average Bonchev–Trinajstić information content (AvgIpc) is 2.81. The molecule has 1 aliphatic rings. The van der Waals surface area contributed by atoms with Crippen molar-refractivity contribution in [3.05, 3.63) is 22.1 Å². The third kappa shape index (κ3) is 3.38. The first-order chi connectivity index (χ1) is 9.90. The molecule has 1 amide bonds. The van der Waals surface area contributed by atoms with E-state index in [4.69, 9.17) is 0 Å². The first kappa shape index (κ1) is 15.4. The molecule has 21 heavy (non-hydrogen) atoms. The molecule has 0 aliphatic carbocycles. The van der Waals surface area contributed by atoms with Crippen LogP contribution in [0.25, 0.3) is 0 Å². The first-order valence-electron chi connectivity index (χ1n) is 7.11. The lowest BCUT2D eigenvalue weighted by Gasteiger charge is -2.38. The second-order valence-electron chi connectivity index (χ2n) is 5.42. The Bertz CT molecular complexity index is 542. The zero-order chi connectivity index (χ0) is 15.6. The van der Waals surface area contributed by atoms with Crippen molar-refractivity contribution in [2.75, 3.05) is 13.1 Å². The number of piperazine rings is 1. The highest BCUT2D eigenvalue weighted by molar-refractivity contribution is 5.76. The number of rotatable bonds is 4. The molecule has 0 saturated carbocycles. The van der Waals surface area contributed by atoms with Crippen molar-refractivity contribution in [2.24, 2.45) is 0 Å². The lowest BCUT2D eigenvalue weighted by molar-refractivity contribution is -0.389. The topological polar surface area (TPSA) is 93.3 Å². The van der Waals surface area contributed by atoms with Crippen LogP contribution in [-0.2, 0) is 11.3 Å². The number of hydrogen-bond acceptors (Lipinski definition) is 5.